The number of benzene rings is 2. The maximum Gasteiger partial charge on any atom is 0.255 e. The SMILES string of the molecule is Cc1c(C(=O)N2CCC3(CCCCOCCNC(=O)c4ccccc4OC3)CC2)cccc1N1CCCCC1. The molecule has 0 aliphatic carbocycles. The molecule has 210 valence electrons. The van der Waals surface area contributed by atoms with Crippen molar-refractivity contribution < 1.29 is 19.1 Å². The van der Waals surface area contributed by atoms with Crippen LogP contribution in [0.4, 0.5) is 5.69 Å². The van der Waals surface area contributed by atoms with Gasteiger partial charge in [0.25, 0.3) is 11.8 Å². The molecule has 7 heteroatoms. The molecule has 1 spiro atoms. The van der Waals surface area contributed by atoms with E-state index in [0.29, 0.717) is 50.8 Å². The number of rotatable bonds is 2. The topological polar surface area (TPSA) is 71.1 Å². The molecule has 2 aromatic carbocycles. The lowest BCUT2D eigenvalue weighted by atomic mass is 9.75. The van der Waals surface area contributed by atoms with E-state index in [0.717, 1.165) is 56.3 Å². The molecule has 2 saturated heterocycles. The summed E-state index contributed by atoms with van der Waals surface area (Å²) in [5.41, 5.74) is 3.66. The monoisotopic (exact) mass is 533 g/mol. The fourth-order valence-corrected chi connectivity index (χ4v) is 6.30. The Morgan fingerprint density at radius 3 is 2.49 bits per heavy atom. The number of carbonyl (C=O) groups excluding carboxylic acids is 2. The molecule has 0 bridgehead atoms. The van der Waals surface area contributed by atoms with E-state index >= 15 is 0 Å². The molecule has 0 unspecified atom stereocenters. The average molecular weight is 534 g/mol. The zero-order valence-electron chi connectivity index (χ0n) is 23.4. The van der Waals surface area contributed by atoms with Crippen molar-refractivity contribution in [2.75, 3.05) is 57.4 Å². The summed E-state index contributed by atoms with van der Waals surface area (Å²) in [6.07, 6.45) is 8.57. The summed E-state index contributed by atoms with van der Waals surface area (Å²) in [4.78, 5) is 30.9. The van der Waals surface area contributed by atoms with Gasteiger partial charge >= 0.3 is 0 Å². The van der Waals surface area contributed by atoms with Crippen molar-refractivity contribution in [1.29, 1.82) is 0 Å². The minimum absolute atomic E-state index is 0.0326. The highest BCUT2D eigenvalue weighted by Crippen LogP contribution is 2.39. The molecule has 0 atom stereocenters. The Hall–Kier alpha value is -3.06. The summed E-state index contributed by atoms with van der Waals surface area (Å²) in [7, 11) is 0. The van der Waals surface area contributed by atoms with Gasteiger partial charge in [-0.2, -0.15) is 0 Å². The van der Waals surface area contributed by atoms with E-state index in [2.05, 4.69) is 23.2 Å². The summed E-state index contributed by atoms with van der Waals surface area (Å²) in [5, 5.41) is 2.94. The molecular formula is C32H43N3O4. The van der Waals surface area contributed by atoms with Gasteiger partial charge in [0, 0.05) is 56.0 Å². The van der Waals surface area contributed by atoms with E-state index < -0.39 is 0 Å². The van der Waals surface area contributed by atoms with Crippen LogP contribution in [0.3, 0.4) is 0 Å². The zero-order chi connectivity index (χ0) is 27.1. The fraction of sp³-hybridized carbons (Fsp3) is 0.562. The van der Waals surface area contributed by atoms with Crippen molar-refractivity contribution in [2.45, 2.75) is 58.3 Å². The number of nitrogens with zero attached hydrogens (tertiary/aromatic N) is 2. The molecule has 3 aliphatic heterocycles. The van der Waals surface area contributed by atoms with E-state index in [9.17, 15) is 9.59 Å². The summed E-state index contributed by atoms with van der Waals surface area (Å²) < 4.78 is 12.1. The van der Waals surface area contributed by atoms with Gasteiger partial charge in [-0.1, -0.05) is 24.6 Å². The molecule has 2 amide bonds. The van der Waals surface area contributed by atoms with E-state index in [-0.39, 0.29) is 17.2 Å². The van der Waals surface area contributed by atoms with E-state index in [1.807, 2.05) is 41.3 Å². The van der Waals surface area contributed by atoms with Gasteiger partial charge in [-0.15, -0.1) is 0 Å². The number of nitrogens with one attached hydrogen (secondary N) is 1. The highest BCUT2D eigenvalue weighted by Gasteiger charge is 2.37. The lowest BCUT2D eigenvalue weighted by Gasteiger charge is -2.42. The molecule has 5 rings (SSSR count). The van der Waals surface area contributed by atoms with Crippen LogP contribution in [-0.4, -0.2) is 69.3 Å². The molecule has 1 N–H and O–H groups in total. The normalized spacial score (nSPS) is 20.9. The van der Waals surface area contributed by atoms with Crippen molar-refractivity contribution in [2.24, 2.45) is 5.41 Å². The van der Waals surface area contributed by atoms with Crippen molar-refractivity contribution in [3.05, 3.63) is 59.2 Å². The Morgan fingerprint density at radius 1 is 0.872 bits per heavy atom. The number of hydrogen-bond donors (Lipinski definition) is 1. The van der Waals surface area contributed by atoms with Crippen LogP contribution in [0.15, 0.2) is 42.5 Å². The number of hydrogen-bond acceptors (Lipinski definition) is 5. The maximum absolute atomic E-state index is 13.7. The number of likely N-dealkylation sites (tertiary alicyclic amines) is 1. The second-order valence-electron chi connectivity index (χ2n) is 11.4. The van der Waals surface area contributed by atoms with Crippen molar-refractivity contribution in [3.8, 4) is 5.75 Å². The number of fused-ring (bicyclic) bond motifs is 1. The van der Waals surface area contributed by atoms with Crippen molar-refractivity contribution in [3.63, 3.8) is 0 Å². The van der Waals surface area contributed by atoms with Crippen LogP contribution in [0.1, 0.15) is 77.6 Å². The standard InChI is InChI=1S/C32H43N3O4/c1-25-26(11-9-12-28(25)34-18-6-2-7-19-34)31(37)35-20-15-32(16-21-35)14-5-8-22-38-23-17-33-30(36)27-10-3-4-13-29(27)39-24-32/h3-4,9-13H,2,5-8,14-24H2,1H3,(H,33,36). The first-order chi connectivity index (χ1) is 19.1. The van der Waals surface area contributed by atoms with E-state index in [1.54, 1.807) is 0 Å². The van der Waals surface area contributed by atoms with Crippen LogP contribution in [0.2, 0.25) is 0 Å². The minimum Gasteiger partial charge on any atom is -0.492 e. The fourth-order valence-electron chi connectivity index (χ4n) is 6.30. The molecule has 2 aromatic rings. The molecule has 39 heavy (non-hydrogen) atoms. The average Bonchev–Trinajstić information content (AvgIpc) is 2.98. The molecular weight excluding hydrogens is 490 g/mol. The first-order valence-corrected chi connectivity index (χ1v) is 14.8. The first-order valence-electron chi connectivity index (χ1n) is 14.8. The number of piperidine rings is 2. The molecule has 3 heterocycles. The second-order valence-corrected chi connectivity index (χ2v) is 11.4. The molecule has 2 fully saturated rings. The van der Waals surface area contributed by atoms with Crippen molar-refractivity contribution in [1.82, 2.24) is 10.2 Å². The number of carbonyl (C=O) groups is 2. The van der Waals surface area contributed by atoms with Crippen LogP contribution in [0, 0.1) is 12.3 Å². The Morgan fingerprint density at radius 2 is 1.67 bits per heavy atom. The van der Waals surface area contributed by atoms with Crippen molar-refractivity contribution >= 4 is 17.5 Å². The smallest absolute Gasteiger partial charge is 0.255 e. The Bertz CT molecular complexity index is 1140. The van der Waals surface area contributed by atoms with Crippen LogP contribution in [0.5, 0.6) is 5.75 Å². The Kier molecular flexibility index (Phi) is 9.07. The van der Waals surface area contributed by atoms with Crippen LogP contribution in [-0.2, 0) is 4.74 Å². The predicted molar refractivity (Wildman–Crippen MR) is 154 cm³/mol. The van der Waals surface area contributed by atoms with Gasteiger partial charge < -0.3 is 24.6 Å². The third kappa shape index (κ3) is 6.57. The summed E-state index contributed by atoms with van der Waals surface area (Å²) in [6, 6.07) is 13.7. The number of amides is 2. The lowest BCUT2D eigenvalue weighted by Crippen LogP contribution is -2.46. The Balaban J connectivity index is 1.29. The Labute approximate surface area is 232 Å². The van der Waals surface area contributed by atoms with Crippen LogP contribution >= 0.6 is 0 Å². The predicted octanol–water partition coefficient (Wildman–Crippen LogP) is 5.22. The van der Waals surface area contributed by atoms with Gasteiger partial charge in [0.2, 0.25) is 0 Å². The van der Waals surface area contributed by atoms with Gasteiger partial charge in [0.05, 0.1) is 18.8 Å². The highest BCUT2D eigenvalue weighted by atomic mass is 16.5. The van der Waals surface area contributed by atoms with Gasteiger partial charge in [0.1, 0.15) is 5.75 Å². The van der Waals surface area contributed by atoms with Gasteiger partial charge in [-0.05, 0) is 81.7 Å². The zero-order valence-corrected chi connectivity index (χ0v) is 23.4. The number of para-hydroxylation sites is 1. The van der Waals surface area contributed by atoms with E-state index in [4.69, 9.17) is 9.47 Å². The third-order valence-corrected chi connectivity index (χ3v) is 8.79. The molecule has 7 nitrogen and oxygen atoms in total. The van der Waals surface area contributed by atoms with Gasteiger partial charge in [-0.25, -0.2) is 0 Å². The summed E-state index contributed by atoms with van der Waals surface area (Å²) in [6.45, 7) is 7.91. The quantitative estimate of drug-likeness (QED) is 0.573. The largest absolute Gasteiger partial charge is 0.492 e. The van der Waals surface area contributed by atoms with Crippen LogP contribution in [0.25, 0.3) is 0 Å². The molecule has 0 aromatic heterocycles. The molecule has 0 radical (unpaired) electrons. The van der Waals surface area contributed by atoms with Gasteiger partial charge in [0.15, 0.2) is 0 Å². The first kappa shape index (κ1) is 27.5. The highest BCUT2D eigenvalue weighted by molar-refractivity contribution is 5.97. The summed E-state index contributed by atoms with van der Waals surface area (Å²) >= 11 is 0. The molecule has 3 aliphatic rings. The van der Waals surface area contributed by atoms with Crippen LogP contribution < -0.4 is 15.0 Å². The van der Waals surface area contributed by atoms with Gasteiger partial charge in [-0.3, -0.25) is 9.59 Å². The minimum atomic E-state index is -0.136. The lowest BCUT2D eigenvalue weighted by molar-refractivity contribution is 0.0340. The molecule has 0 saturated carbocycles. The third-order valence-electron chi connectivity index (χ3n) is 8.79. The second kappa shape index (κ2) is 12.9. The number of anilines is 1. The maximum atomic E-state index is 13.7. The number of ether oxygens (including phenoxy) is 2. The summed E-state index contributed by atoms with van der Waals surface area (Å²) in [5.74, 6) is 0.623. The van der Waals surface area contributed by atoms with E-state index in [1.165, 1.54) is 24.9 Å².